The van der Waals surface area contributed by atoms with Crippen LogP contribution in [0.3, 0.4) is 0 Å². The smallest absolute Gasteiger partial charge is 0.129 e. The highest BCUT2D eigenvalue weighted by Gasteiger charge is 2.25. The lowest BCUT2D eigenvalue weighted by Crippen LogP contribution is -2.38. The van der Waals surface area contributed by atoms with Crippen LogP contribution in [0.4, 0.5) is 5.82 Å². The standard InChI is InChI=1S/C13H20BrN3/c1-3-15-9-11-5-4-8-17(11)13-7-6-12(14)10(2)16-13/h6-7,11,15H,3-5,8-9H2,1-2H3. The van der Waals surface area contributed by atoms with Crippen LogP contribution < -0.4 is 10.2 Å². The zero-order valence-corrected chi connectivity index (χ0v) is 12.1. The first kappa shape index (κ1) is 12.8. The van der Waals surface area contributed by atoms with Gasteiger partial charge in [0.1, 0.15) is 5.82 Å². The van der Waals surface area contributed by atoms with E-state index in [1.807, 2.05) is 6.92 Å². The van der Waals surface area contributed by atoms with E-state index in [0.29, 0.717) is 6.04 Å². The van der Waals surface area contributed by atoms with Gasteiger partial charge in [-0.3, -0.25) is 0 Å². The summed E-state index contributed by atoms with van der Waals surface area (Å²) < 4.78 is 1.09. The van der Waals surface area contributed by atoms with E-state index in [0.717, 1.165) is 35.6 Å². The van der Waals surface area contributed by atoms with Crippen molar-refractivity contribution in [2.45, 2.75) is 32.7 Å². The number of pyridine rings is 1. The van der Waals surface area contributed by atoms with E-state index in [2.05, 4.69) is 50.2 Å². The van der Waals surface area contributed by atoms with E-state index >= 15 is 0 Å². The predicted molar refractivity (Wildman–Crippen MR) is 75.6 cm³/mol. The number of anilines is 1. The number of nitrogens with zero attached hydrogens (tertiary/aromatic N) is 2. The minimum atomic E-state index is 0.600. The Morgan fingerprint density at radius 3 is 3.06 bits per heavy atom. The SMILES string of the molecule is CCNCC1CCCN1c1ccc(Br)c(C)n1. The molecular weight excluding hydrogens is 278 g/mol. The largest absolute Gasteiger partial charge is 0.352 e. The average molecular weight is 298 g/mol. The molecule has 1 aromatic heterocycles. The van der Waals surface area contributed by atoms with Crippen LogP contribution in [0.1, 0.15) is 25.5 Å². The Morgan fingerprint density at radius 2 is 2.35 bits per heavy atom. The first-order valence-corrected chi connectivity index (χ1v) is 7.12. The molecule has 2 rings (SSSR count). The summed E-state index contributed by atoms with van der Waals surface area (Å²) in [6.07, 6.45) is 2.54. The summed E-state index contributed by atoms with van der Waals surface area (Å²) in [4.78, 5) is 7.10. The summed E-state index contributed by atoms with van der Waals surface area (Å²) in [6.45, 7) is 7.43. The fourth-order valence-electron chi connectivity index (χ4n) is 2.35. The maximum absolute atomic E-state index is 4.66. The van der Waals surface area contributed by atoms with Crippen molar-refractivity contribution >= 4 is 21.7 Å². The zero-order valence-electron chi connectivity index (χ0n) is 10.5. The molecule has 17 heavy (non-hydrogen) atoms. The van der Waals surface area contributed by atoms with Crippen LogP contribution in [0.15, 0.2) is 16.6 Å². The van der Waals surface area contributed by atoms with Gasteiger partial charge in [-0.15, -0.1) is 0 Å². The molecule has 3 nitrogen and oxygen atoms in total. The first-order chi connectivity index (χ1) is 8.22. The van der Waals surface area contributed by atoms with Crippen molar-refractivity contribution in [3.63, 3.8) is 0 Å². The number of likely N-dealkylation sites (N-methyl/N-ethyl adjacent to an activating group) is 1. The van der Waals surface area contributed by atoms with Crippen molar-refractivity contribution in [2.24, 2.45) is 0 Å². The molecule has 1 atom stereocenters. The van der Waals surface area contributed by atoms with Gasteiger partial charge in [0.2, 0.25) is 0 Å². The Labute approximate surface area is 112 Å². The highest BCUT2D eigenvalue weighted by Crippen LogP contribution is 2.25. The van der Waals surface area contributed by atoms with Gasteiger partial charge in [0.05, 0.1) is 5.69 Å². The van der Waals surface area contributed by atoms with E-state index in [1.165, 1.54) is 12.8 Å². The monoisotopic (exact) mass is 297 g/mol. The van der Waals surface area contributed by atoms with Gasteiger partial charge in [-0.1, -0.05) is 6.92 Å². The molecule has 0 radical (unpaired) electrons. The third kappa shape index (κ3) is 2.99. The van der Waals surface area contributed by atoms with Crippen molar-refractivity contribution in [3.05, 3.63) is 22.3 Å². The van der Waals surface area contributed by atoms with Crippen LogP contribution >= 0.6 is 15.9 Å². The Hall–Kier alpha value is -0.610. The van der Waals surface area contributed by atoms with Crippen LogP contribution in [-0.2, 0) is 0 Å². The van der Waals surface area contributed by atoms with E-state index in [1.54, 1.807) is 0 Å². The van der Waals surface area contributed by atoms with Crippen molar-refractivity contribution < 1.29 is 0 Å². The molecule has 1 aliphatic heterocycles. The minimum absolute atomic E-state index is 0.600. The number of aryl methyl sites for hydroxylation is 1. The molecule has 0 amide bonds. The van der Waals surface area contributed by atoms with Gasteiger partial charge < -0.3 is 10.2 Å². The summed E-state index contributed by atoms with van der Waals surface area (Å²) in [5, 5.41) is 3.44. The fourth-order valence-corrected chi connectivity index (χ4v) is 2.57. The molecule has 1 aliphatic rings. The average Bonchev–Trinajstić information content (AvgIpc) is 2.78. The van der Waals surface area contributed by atoms with E-state index in [4.69, 9.17) is 0 Å². The quantitative estimate of drug-likeness (QED) is 0.926. The molecule has 94 valence electrons. The number of hydrogen-bond donors (Lipinski definition) is 1. The van der Waals surface area contributed by atoms with Crippen LogP contribution in [0.5, 0.6) is 0 Å². The van der Waals surface area contributed by atoms with E-state index < -0.39 is 0 Å². The molecule has 0 saturated carbocycles. The zero-order chi connectivity index (χ0) is 12.3. The van der Waals surface area contributed by atoms with Gasteiger partial charge in [0.15, 0.2) is 0 Å². The van der Waals surface area contributed by atoms with Crippen LogP contribution in [0.25, 0.3) is 0 Å². The van der Waals surface area contributed by atoms with Crippen LogP contribution in [-0.4, -0.2) is 30.7 Å². The summed E-state index contributed by atoms with van der Waals surface area (Å²) in [5.74, 6) is 1.12. The molecular formula is C13H20BrN3. The molecule has 1 aromatic rings. The first-order valence-electron chi connectivity index (χ1n) is 6.33. The van der Waals surface area contributed by atoms with Crippen molar-refractivity contribution in [3.8, 4) is 0 Å². The topological polar surface area (TPSA) is 28.2 Å². The van der Waals surface area contributed by atoms with Gasteiger partial charge in [0.25, 0.3) is 0 Å². The third-order valence-corrected chi connectivity index (χ3v) is 4.15. The molecule has 1 unspecified atom stereocenters. The number of halogens is 1. The Morgan fingerprint density at radius 1 is 1.53 bits per heavy atom. The lowest BCUT2D eigenvalue weighted by Gasteiger charge is -2.26. The van der Waals surface area contributed by atoms with Crippen molar-refractivity contribution in [1.82, 2.24) is 10.3 Å². The van der Waals surface area contributed by atoms with Crippen LogP contribution in [0, 0.1) is 6.92 Å². The van der Waals surface area contributed by atoms with Crippen LogP contribution in [0.2, 0.25) is 0 Å². The van der Waals surface area contributed by atoms with Gasteiger partial charge in [0, 0.05) is 23.6 Å². The van der Waals surface area contributed by atoms with Gasteiger partial charge in [-0.2, -0.15) is 0 Å². The summed E-state index contributed by atoms with van der Waals surface area (Å²) in [6, 6.07) is 4.81. The van der Waals surface area contributed by atoms with Crippen molar-refractivity contribution in [1.29, 1.82) is 0 Å². The summed E-state index contributed by atoms with van der Waals surface area (Å²) in [7, 11) is 0. The lowest BCUT2D eigenvalue weighted by molar-refractivity contribution is 0.584. The molecule has 0 spiro atoms. The molecule has 1 N–H and O–H groups in total. The lowest BCUT2D eigenvalue weighted by atomic mass is 10.2. The fraction of sp³-hybridized carbons (Fsp3) is 0.615. The molecule has 0 aromatic carbocycles. The third-order valence-electron chi connectivity index (χ3n) is 3.31. The Bertz CT molecular complexity index is 381. The maximum Gasteiger partial charge on any atom is 0.129 e. The van der Waals surface area contributed by atoms with E-state index in [-0.39, 0.29) is 0 Å². The second-order valence-electron chi connectivity index (χ2n) is 4.53. The highest BCUT2D eigenvalue weighted by atomic mass is 79.9. The number of aromatic nitrogens is 1. The minimum Gasteiger partial charge on any atom is -0.352 e. The van der Waals surface area contributed by atoms with E-state index in [9.17, 15) is 0 Å². The normalized spacial score (nSPS) is 19.9. The second kappa shape index (κ2) is 5.83. The second-order valence-corrected chi connectivity index (χ2v) is 5.39. The summed E-state index contributed by atoms with van der Waals surface area (Å²) >= 11 is 3.50. The highest BCUT2D eigenvalue weighted by molar-refractivity contribution is 9.10. The number of rotatable bonds is 4. The molecule has 4 heteroatoms. The number of hydrogen-bond acceptors (Lipinski definition) is 3. The Kier molecular flexibility index (Phi) is 4.40. The molecule has 0 bridgehead atoms. The maximum atomic E-state index is 4.66. The van der Waals surface area contributed by atoms with Gasteiger partial charge >= 0.3 is 0 Å². The Balaban J connectivity index is 2.11. The summed E-state index contributed by atoms with van der Waals surface area (Å²) in [5.41, 5.74) is 1.07. The molecule has 0 aliphatic carbocycles. The van der Waals surface area contributed by atoms with Gasteiger partial charge in [-0.25, -0.2) is 4.98 Å². The number of nitrogens with one attached hydrogen (secondary N) is 1. The van der Waals surface area contributed by atoms with Crippen molar-refractivity contribution in [2.75, 3.05) is 24.5 Å². The molecule has 2 heterocycles. The molecule has 1 fully saturated rings. The van der Waals surface area contributed by atoms with Gasteiger partial charge in [-0.05, 0) is 54.4 Å². The molecule has 1 saturated heterocycles. The predicted octanol–water partition coefficient (Wildman–Crippen LogP) is 2.73.